The third-order valence-electron chi connectivity index (χ3n) is 2.39. The first-order chi connectivity index (χ1) is 8.22. The lowest BCUT2D eigenvalue weighted by Gasteiger charge is -2.15. The Morgan fingerprint density at radius 2 is 2.24 bits per heavy atom. The average molecular weight is 232 g/mol. The first kappa shape index (κ1) is 11.2. The Balaban J connectivity index is 2.19. The van der Waals surface area contributed by atoms with Gasteiger partial charge in [0, 0.05) is 13.1 Å². The van der Waals surface area contributed by atoms with Crippen LogP contribution in [0.2, 0.25) is 0 Å². The minimum atomic E-state index is -0.147. The highest BCUT2D eigenvalue weighted by Gasteiger charge is 2.14. The van der Waals surface area contributed by atoms with E-state index in [-0.39, 0.29) is 5.91 Å². The number of hydrogen-bond donors (Lipinski definition) is 0. The molecule has 88 valence electrons. The fourth-order valence-corrected chi connectivity index (χ4v) is 1.39. The van der Waals surface area contributed by atoms with Crippen molar-refractivity contribution in [3.63, 3.8) is 0 Å². The molecule has 2 rings (SSSR count). The molecule has 0 spiro atoms. The molecule has 0 saturated carbocycles. The van der Waals surface area contributed by atoms with Gasteiger partial charge in [-0.05, 0) is 12.1 Å². The number of hydrogen-bond acceptors (Lipinski definition) is 4. The van der Waals surface area contributed by atoms with E-state index in [0.29, 0.717) is 17.1 Å². The number of anilines is 1. The maximum Gasteiger partial charge on any atom is 0.261 e. The molecular weight excluding hydrogens is 220 g/mol. The van der Waals surface area contributed by atoms with Gasteiger partial charge in [-0.2, -0.15) is 0 Å². The number of rotatable bonds is 3. The van der Waals surface area contributed by atoms with E-state index < -0.39 is 0 Å². The average Bonchev–Trinajstić information content (AvgIpc) is 2.91. The maximum atomic E-state index is 12.0. The first-order valence-corrected chi connectivity index (χ1v) is 5.02. The van der Waals surface area contributed by atoms with E-state index >= 15 is 0 Å². The molecule has 2 aromatic heterocycles. The highest BCUT2D eigenvalue weighted by Crippen LogP contribution is 2.17. The summed E-state index contributed by atoms with van der Waals surface area (Å²) < 4.78 is 9.83. The molecule has 0 aliphatic rings. The van der Waals surface area contributed by atoms with Crippen LogP contribution in [0.15, 0.2) is 41.3 Å². The molecule has 17 heavy (non-hydrogen) atoms. The summed E-state index contributed by atoms with van der Waals surface area (Å²) in [6, 6.07) is 5.09. The van der Waals surface area contributed by atoms with Crippen molar-refractivity contribution >= 4 is 11.6 Å². The summed E-state index contributed by atoms with van der Waals surface area (Å²) >= 11 is 0. The third-order valence-corrected chi connectivity index (χ3v) is 2.39. The molecule has 5 heteroatoms. The molecule has 1 amide bonds. The molecule has 0 saturated heterocycles. The number of methoxy groups -OCH3 is 1. The molecule has 0 aliphatic carbocycles. The molecule has 0 N–H and O–H groups in total. The molecule has 0 fully saturated rings. The fraction of sp³-hybridized carbons (Fsp3) is 0.167. The van der Waals surface area contributed by atoms with Crippen LogP contribution in [0.1, 0.15) is 10.4 Å². The standard InChI is InChI=1S/C12H12N2O3/c1-14(12(15)9-5-6-17-8-9)10-3-4-11(16-2)13-7-10/h3-8H,1-2H3. The van der Waals surface area contributed by atoms with Crippen LogP contribution in [0.25, 0.3) is 0 Å². The Morgan fingerprint density at radius 3 is 2.76 bits per heavy atom. The summed E-state index contributed by atoms with van der Waals surface area (Å²) in [6.07, 6.45) is 4.46. The second kappa shape index (κ2) is 4.69. The van der Waals surface area contributed by atoms with E-state index in [1.54, 1.807) is 38.6 Å². The van der Waals surface area contributed by atoms with Gasteiger partial charge in [0.2, 0.25) is 5.88 Å². The number of pyridine rings is 1. The highest BCUT2D eigenvalue weighted by atomic mass is 16.5. The minimum absolute atomic E-state index is 0.147. The Bertz CT molecular complexity index is 491. The third kappa shape index (κ3) is 2.28. The monoisotopic (exact) mass is 232 g/mol. The van der Waals surface area contributed by atoms with E-state index in [1.165, 1.54) is 17.4 Å². The summed E-state index contributed by atoms with van der Waals surface area (Å²) in [5.74, 6) is 0.364. The second-order valence-electron chi connectivity index (χ2n) is 3.43. The Kier molecular flexibility index (Phi) is 3.09. The summed E-state index contributed by atoms with van der Waals surface area (Å²) in [7, 11) is 3.22. The van der Waals surface area contributed by atoms with Gasteiger partial charge in [0.25, 0.3) is 5.91 Å². The van der Waals surface area contributed by atoms with Gasteiger partial charge in [0.05, 0.1) is 30.8 Å². The number of furan rings is 1. The topological polar surface area (TPSA) is 55.6 Å². The van der Waals surface area contributed by atoms with Gasteiger partial charge in [0.15, 0.2) is 0 Å². The summed E-state index contributed by atoms with van der Waals surface area (Å²) in [6.45, 7) is 0. The van der Waals surface area contributed by atoms with E-state index in [2.05, 4.69) is 4.98 Å². The largest absolute Gasteiger partial charge is 0.481 e. The quantitative estimate of drug-likeness (QED) is 0.811. The lowest BCUT2D eigenvalue weighted by atomic mass is 10.3. The van der Waals surface area contributed by atoms with E-state index in [0.717, 1.165) is 0 Å². The number of carbonyl (C=O) groups is 1. The number of nitrogens with zero attached hydrogens (tertiary/aromatic N) is 2. The molecule has 0 aromatic carbocycles. The summed E-state index contributed by atoms with van der Waals surface area (Å²) in [4.78, 5) is 17.5. The van der Waals surface area contributed by atoms with E-state index in [4.69, 9.17) is 9.15 Å². The van der Waals surface area contributed by atoms with Crippen LogP contribution in [-0.4, -0.2) is 25.0 Å². The van der Waals surface area contributed by atoms with Gasteiger partial charge in [-0.15, -0.1) is 0 Å². The Morgan fingerprint density at radius 1 is 1.41 bits per heavy atom. The fourth-order valence-electron chi connectivity index (χ4n) is 1.39. The predicted molar refractivity (Wildman–Crippen MR) is 62.2 cm³/mol. The SMILES string of the molecule is COc1ccc(N(C)C(=O)c2ccoc2)cn1. The zero-order valence-electron chi connectivity index (χ0n) is 9.58. The van der Waals surface area contributed by atoms with E-state index in [9.17, 15) is 4.79 Å². The maximum absolute atomic E-state index is 12.0. The normalized spacial score (nSPS) is 10.0. The highest BCUT2D eigenvalue weighted by molar-refractivity contribution is 6.05. The molecule has 5 nitrogen and oxygen atoms in total. The van der Waals surface area contributed by atoms with Crippen molar-refractivity contribution < 1.29 is 13.9 Å². The lowest BCUT2D eigenvalue weighted by molar-refractivity contribution is 0.0992. The Hall–Kier alpha value is -2.30. The second-order valence-corrected chi connectivity index (χ2v) is 3.43. The van der Waals surface area contributed by atoms with Crippen molar-refractivity contribution in [3.8, 4) is 5.88 Å². The van der Waals surface area contributed by atoms with Crippen molar-refractivity contribution in [2.24, 2.45) is 0 Å². The predicted octanol–water partition coefficient (Wildman–Crippen LogP) is 1.96. The van der Waals surface area contributed by atoms with Crippen molar-refractivity contribution in [2.75, 3.05) is 19.1 Å². The van der Waals surface area contributed by atoms with Gasteiger partial charge in [-0.3, -0.25) is 4.79 Å². The van der Waals surface area contributed by atoms with Gasteiger partial charge >= 0.3 is 0 Å². The van der Waals surface area contributed by atoms with Crippen LogP contribution in [0.5, 0.6) is 5.88 Å². The summed E-state index contributed by atoms with van der Waals surface area (Å²) in [5, 5.41) is 0. The van der Waals surface area contributed by atoms with Gasteiger partial charge in [0.1, 0.15) is 6.26 Å². The molecule has 0 radical (unpaired) electrons. The van der Waals surface area contributed by atoms with Crippen molar-refractivity contribution in [2.45, 2.75) is 0 Å². The number of aromatic nitrogens is 1. The molecule has 0 atom stereocenters. The number of carbonyl (C=O) groups excluding carboxylic acids is 1. The van der Waals surface area contributed by atoms with Gasteiger partial charge < -0.3 is 14.1 Å². The molecule has 2 heterocycles. The van der Waals surface area contributed by atoms with Crippen molar-refractivity contribution in [1.29, 1.82) is 0 Å². The molecule has 2 aromatic rings. The minimum Gasteiger partial charge on any atom is -0.481 e. The number of amides is 1. The zero-order valence-corrected chi connectivity index (χ0v) is 9.58. The van der Waals surface area contributed by atoms with Gasteiger partial charge in [-0.1, -0.05) is 0 Å². The van der Waals surface area contributed by atoms with Crippen molar-refractivity contribution in [3.05, 3.63) is 42.5 Å². The first-order valence-electron chi connectivity index (χ1n) is 5.02. The van der Waals surface area contributed by atoms with Crippen molar-refractivity contribution in [1.82, 2.24) is 4.98 Å². The molecule has 0 bridgehead atoms. The molecule has 0 aliphatic heterocycles. The van der Waals surface area contributed by atoms with Crippen LogP contribution < -0.4 is 9.64 Å². The van der Waals surface area contributed by atoms with Gasteiger partial charge in [-0.25, -0.2) is 4.98 Å². The van der Waals surface area contributed by atoms with Crippen LogP contribution >= 0.6 is 0 Å². The van der Waals surface area contributed by atoms with Crippen LogP contribution in [0.4, 0.5) is 5.69 Å². The Labute approximate surface area is 98.6 Å². The summed E-state index contributed by atoms with van der Waals surface area (Å²) in [5.41, 5.74) is 1.19. The van der Waals surface area contributed by atoms with E-state index in [1.807, 2.05) is 0 Å². The number of ether oxygens (including phenoxy) is 1. The van der Waals surface area contributed by atoms with Crippen LogP contribution in [0, 0.1) is 0 Å². The van der Waals surface area contributed by atoms with Crippen LogP contribution in [-0.2, 0) is 0 Å². The van der Waals surface area contributed by atoms with Crippen LogP contribution in [0.3, 0.4) is 0 Å². The zero-order chi connectivity index (χ0) is 12.3. The molecular formula is C12H12N2O3. The molecule has 0 unspecified atom stereocenters. The lowest BCUT2D eigenvalue weighted by Crippen LogP contribution is -2.25. The smallest absolute Gasteiger partial charge is 0.261 e.